The molecule has 1 aromatic heterocycles. The van der Waals surface area contributed by atoms with E-state index in [9.17, 15) is 14.0 Å². The van der Waals surface area contributed by atoms with Crippen LogP contribution in [0.1, 0.15) is 55.3 Å². The van der Waals surface area contributed by atoms with Crippen molar-refractivity contribution < 1.29 is 9.18 Å². The van der Waals surface area contributed by atoms with E-state index in [4.69, 9.17) is 16.6 Å². The summed E-state index contributed by atoms with van der Waals surface area (Å²) in [5.41, 5.74) is 1.15. The van der Waals surface area contributed by atoms with Gasteiger partial charge in [0.15, 0.2) is 0 Å². The minimum atomic E-state index is -0.520. The standard InChI is InChI=1S/C28H27ClFN3O2/c1-3-5-16-32(27(34)19-10-8-12-21(30)17-19)25(4-2)26-31-24-15-7-6-14-23(24)28(35)33(26)22-13-9-11-20(29)18-22/h6-15,17-18,25H,3-5,16H2,1-2H3. The molecule has 180 valence electrons. The Morgan fingerprint density at radius 2 is 1.83 bits per heavy atom. The molecule has 5 nitrogen and oxygen atoms in total. The monoisotopic (exact) mass is 491 g/mol. The number of carbonyl (C=O) groups is 1. The summed E-state index contributed by atoms with van der Waals surface area (Å²) < 4.78 is 15.5. The molecule has 0 bridgehead atoms. The summed E-state index contributed by atoms with van der Waals surface area (Å²) in [5.74, 6) is -0.330. The van der Waals surface area contributed by atoms with Gasteiger partial charge in [0.2, 0.25) is 0 Å². The Balaban J connectivity index is 1.95. The van der Waals surface area contributed by atoms with Crippen LogP contribution in [0.25, 0.3) is 16.6 Å². The average Bonchev–Trinajstić information content (AvgIpc) is 2.86. The molecular weight excluding hydrogens is 465 g/mol. The van der Waals surface area contributed by atoms with Crippen LogP contribution in [0.5, 0.6) is 0 Å². The van der Waals surface area contributed by atoms with E-state index >= 15 is 0 Å². The first-order chi connectivity index (χ1) is 16.9. The van der Waals surface area contributed by atoms with E-state index in [-0.39, 0.29) is 17.0 Å². The molecule has 0 spiro atoms. The summed E-state index contributed by atoms with van der Waals surface area (Å²) in [5, 5.41) is 0.961. The van der Waals surface area contributed by atoms with Gasteiger partial charge in [-0.15, -0.1) is 0 Å². The largest absolute Gasteiger partial charge is 0.328 e. The fourth-order valence-electron chi connectivity index (χ4n) is 4.30. The number of aromatic nitrogens is 2. The third-order valence-electron chi connectivity index (χ3n) is 6.01. The molecule has 4 aromatic rings. The number of hydrogen-bond acceptors (Lipinski definition) is 3. The van der Waals surface area contributed by atoms with Crippen LogP contribution >= 0.6 is 11.6 Å². The third-order valence-corrected chi connectivity index (χ3v) is 6.25. The molecule has 0 saturated carbocycles. The summed E-state index contributed by atoms with van der Waals surface area (Å²) in [4.78, 5) is 34.0. The maximum atomic E-state index is 14.0. The topological polar surface area (TPSA) is 55.2 Å². The SMILES string of the molecule is CCCCN(C(=O)c1cccc(F)c1)C(CC)c1nc2ccccc2c(=O)n1-c1cccc(Cl)c1. The molecule has 1 unspecified atom stereocenters. The van der Waals surface area contributed by atoms with Crippen LogP contribution in [0.15, 0.2) is 77.6 Å². The molecule has 1 heterocycles. The van der Waals surface area contributed by atoms with Crippen LogP contribution < -0.4 is 5.56 Å². The third kappa shape index (κ3) is 5.13. The van der Waals surface area contributed by atoms with Crippen LogP contribution in [0.4, 0.5) is 4.39 Å². The molecule has 0 aliphatic rings. The normalized spacial score (nSPS) is 12.0. The Hall–Kier alpha value is -3.51. The molecule has 0 saturated heterocycles. The molecule has 0 aliphatic carbocycles. The Morgan fingerprint density at radius 3 is 2.54 bits per heavy atom. The second-order valence-electron chi connectivity index (χ2n) is 8.39. The van der Waals surface area contributed by atoms with Gasteiger partial charge in [0.05, 0.1) is 22.6 Å². The van der Waals surface area contributed by atoms with E-state index in [0.29, 0.717) is 40.4 Å². The number of rotatable bonds is 8. The highest BCUT2D eigenvalue weighted by Crippen LogP contribution is 2.28. The number of carbonyl (C=O) groups excluding carboxylic acids is 1. The number of benzene rings is 3. The molecule has 0 fully saturated rings. The average molecular weight is 492 g/mol. The summed E-state index contributed by atoms with van der Waals surface area (Å²) in [7, 11) is 0. The first-order valence-electron chi connectivity index (χ1n) is 11.8. The second-order valence-corrected chi connectivity index (χ2v) is 8.83. The lowest BCUT2D eigenvalue weighted by Gasteiger charge is -2.32. The predicted octanol–water partition coefficient (Wildman–Crippen LogP) is 6.57. The Kier molecular flexibility index (Phi) is 7.61. The van der Waals surface area contributed by atoms with Gasteiger partial charge in [-0.3, -0.25) is 14.2 Å². The van der Waals surface area contributed by atoms with Crippen molar-refractivity contribution in [1.82, 2.24) is 14.5 Å². The van der Waals surface area contributed by atoms with E-state index in [1.54, 1.807) is 58.0 Å². The van der Waals surface area contributed by atoms with E-state index in [0.717, 1.165) is 12.8 Å². The molecular formula is C28H27ClFN3O2. The highest BCUT2D eigenvalue weighted by Gasteiger charge is 2.29. The smallest absolute Gasteiger partial charge is 0.266 e. The number of halogens is 2. The van der Waals surface area contributed by atoms with Crippen molar-refractivity contribution in [2.45, 2.75) is 39.2 Å². The van der Waals surface area contributed by atoms with E-state index < -0.39 is 11.9 Å². The number of hydrogen-bond donors (Lipinski definition) is 0. The van der Waals surface area contributed by atoms with E-state index in [2.05, 4.69) is 0 Å². The molecule has 0 radical (unpaired) electrons. The predicted molar refractivity (Wildman–Crippen MR) is 138 cm³/mol. The molecule has 1 amide bonds. The lowest BCUT2D eigenvalue weighted by Crippen LogP contribution is -2.39. The van der Waals surface area contributed by atoms with Crippen molar-refractivity contribution in [1.29, 1.82) is 0 Å². The minimum absolute atomic E-state index is 0.236. The highest BCUT2D eigenvalue weighted by atomic mass is 35.5. The van der Waals surface area contributed by atoms with Gasteiger partial charge >= 0.3 is 0 Å². The lowest BCUT2D eigenvalue weighted by atomic mass is 10.1. The van der Waals surface area contributed by atoms with Gasteiger partial charge < -0.3 is 4.90 Å². The van der Waals surface area contributed by atoms with Crippen LogP contribution in [-0.4, -0.2) is 26.9 Å². The molecule has 7 heteroatoms. The van der Waals surface area contributed by atoms with Gasteiger partial charge in [-0.2, -0.15) is 0 Å². The molecule has 0 aliphatic heterocycles. The highest BCUT2D eigenvalue weighted by molar-refractivity contribution is 6.30. The van der Waals surface area contributed by atoms with Crippen molar-refractivity contribution in [2.75, 3.05) is 6.54 Å². The second kappa shape index (κ2) is 10.8. The molecule has 0 N–H and O–H groups in total. The van der Waals surface area contributed by atoms with Crippen LogP contribution in [0, 0.1) is 5.82 Å². The number of unbranched alkanes of at least 4 members (excludes halogenated alkanes) is 1. The first kappa shape index (κ1) is 24.6. The summed E-state index contributed by atoms with van der Waals surface area (Å²) in [6.45, 7) is 4.44. The zero-order valence-electron chi connectivity index (χ0n) is 19.7. The zero-order chi connectivity index (χ0) is 24.9. The molecule has 3 aromatic carbocycles. The van der Waals surface area contributed by atoms with Crippen molar-refractivity contribution in [3.63, 3.8) is 0 Å². The fraction of sp³-hybridized carbons (Fsp3) is 0.250. The van der Waals surface area contributed by atoms with Crippen molar-refractivity contribution in [3.05, 3.63) is 105 Å². The summed E-state index contributed by atoms with van der Waals surface area (Å²) >= 11 is 6.27. The summed E-state index contributed by atoms with van der Waals surface area (Å²) in [6.07, 6.45) is 2.14. The number of fused-ring (bicyclic) bond motifs is 1. The number of amides is 1. The number of nitrogens with zero attached hydrogens (tertiary/aromatic N) is 3. The van der Waals surface area contributed by atoms with Crippen molar-refractivity contribution in [2.24, 2.45) is 0 Å². The van der Waals surface area contributed by atoms with Gasteiger partial charge in [0.1, 0.15) is 11.6 Å². The maximum absolute atomic E-state index is 14.0. The number of para-hydroxylation sites is 1. The van der Waals surface area contributed by atoms with Crippen molar-refractivity contribution in [3.8, 4) is 5.69 Å². The van der Waals surface area contributed by atoms with Gasteiger partial charge in [-0.05, 0) is 61.4 Å². The van der Waals surface area contributed by atoms with Gasteiger partial charge in [0, 0.05) is 17.1 Å². The Labute approximate surface area is 208 Å². The van der Waals surface area contributed by atoms with Gasteiger partial charge in [0.25, 0.3) is 11.5 Å². The van der Waals surface area contributed by atoms with Gasteiger partial charge in [-0.25, -0.2) is 9.37 Å². The van der Waals surface area contributed by atoms with Crippen molar-refractivity contribution >= 4 is 28.4 Å². The Bertz CT molecular complexity index is 1420. The molecule has 1 atom stereocenters. The molecule has 4 rings (SSSR count). The van der Waals surface area contributed by atoms with Crippen LogP contribution in [-0.2, 0) is 0 Å². The molecule has 35 heavy (non-hydrogen) atoms. The van der Waals surface area contributed by atoms with Crippen LogP contribution in [0.3, 0.4) is 0 Å². The zero-order valence-corrected chi connectivity index (χ0v) is 20.5. The fourth-order valence-corrected chi connectivity index (χ4v) is 4.48. The quantitative estimate of drug-likeness (QED) is 0.280. The minimum Gasteiger partial charge on any atom is -0.328 e. The summed E-state index contributed by atoms with van der Waals surface area (Å²) in [6, 6.07) is 19.3. The van der Waals surface area contributed by atoms with E-state index in [1.807, 2.05) is 19.9 Å². The van der Waals surface area contributed by atoms with E-state index in [1.165, 1.54) is 18.2 Å². The van der Waals surface area contributed by atoms with Crippen LogP contribution in [0.2, 0.25) is 5.02 Å². The Morgan fingerprint density at radius 1 is 1.06 bits per heavy atom. The lowest BCUT2D eigenvalue weighted by molar-refractivity contribution is 0.0655. The van der Waals surface area contributed by atoms with Gasteiger partial charge in [-0.1, -0.05) is 56.1 Å². The first-order valence-corrected chi connectivity index (χ1v) is 12.2. The maximum Gasteiger partial charge on any atom is 0.266 e.